The Labute approximate surface area is 245 Å². The molecule has 0 aromatic heterocycles. The lowest BCUT2D eigenvalue weighted by molar-refractivity contribution is -0.140. The number of nitrogens with two attached hydrogens (primary N) is 2. The van der Waals surface area contributed by atoms with Gasteiger partial charge >= 0.3 is 0 Å². The molecule has 0 spiro atoms. The van der Waals surface area contributed by atoms with Crippen LogP contribution in [0.2, 0.25) is 0 Å². The maximum Gasteiger partial charge on any atom is 0.243 e. The van der Waals surface area contributed by atoms with Gasteiger partial charge in [-0.05, 0) is 44.2 Å². The third-order valence-electron chi connectivity index (χ3n) is 5.73. The first kappa shape index (κ1) is 43.2. The maximum absolute atomic E-state index is 13.2. The second kappa shape index (κ2) is 22.0. The molecule has 1 aromatic carbocycles. The Kier molecular flexibility index (Phi) is 25.1. The van der Waals surface area contributed by atoms with E-state index in [1.807, 2.05) is 18.2 Å². The number of amides is 2. The molecule has 12 nitrogen and oxygen atoms in total. The van der Waals surface area contributed by atoms with Crippen molar-refractivity contribution in [3.8, 4) is 0 Å². The van der Waals surface area contributed by atoms with Crippen LogP contribution in [0.5, 0.6) is 0 Å². The topological polar surface area (TPSA) is 237 Å². The van der Waals surface area contributed by atoms with Gasteiger partial charge in [0, 0.05) is 29.8 Å². The largest absolute Gasteiger partial charge is 0.412 e. The number of aldehydes is 1. The highest BCUT2D eigenvalue weighted by Crippen LogP contribution is 2.30. The van der Waals surface area contributed by atoms with Crippen LogP contribution in [0.4, 0.5) is 0 Å². The zero-order valence-corrected chi connectivity index (χ0v) is 24.1. The highest BCUT2D eigenvalue weighted by atomic mass is 35.5. The van der Waals surface area contributed by atoms with Crippen LogP contribution in [0.3, 0.4) is 0 Å². The zero-order valence-electron chi connectivity index (χ0n) is 20.8. The molecule has 12 N–H and O–H groups in total. The lowest BCUT2D eigenvalue weighted by Crippen LogP contribution is -2.52. The normalized spacial score (nSPS) is 19.8. The van der Waals surface area contributed by atoms with Crippen LogP contribution >= 0.6 is 49.0 Å². The average molecular weight is 624 g/mol. The van der Waals surface area contributed by atoms with Crippen LogP contribution < -0.4 is 22.1 Å². The molecule has 2 saturated heterocycles. The molecule has 0 unspecified atom stereocenters. The van der Waals surface area contributed by atoms with Gasteiger partial charge in [0.15, 0.2) is 5.96 Å². The number of hydrogen-bond acceptors (Lipinski definition) is 6. The summed E-state index contributed by atoms with van der Waals surface area (Å²) in [4.78, 5) is 44.1. The van der Waals surface area contributed by atoms with E-state index in [-0.39, 0.29) is 77.5 Å². The van der Waals surface area contributed by atoms with Crippen molar-refractivity contribution in [1.82, 2.24) is 15.5 Å². The van der Waals surface area contributed by atoms with Crippen molar-refractivity contribution in [3.05, 3.63) is 30.3 Å². The van der Waals surface area contributed by atoms with E-state index in [1.54, 1.807) is 16.7 Å². The van der Waals surface area contributed by atoms with Crippen molar-refractivity contribution in [2.24, 2.45) is 16.5 Å². The molecule has 0 bridgehead atoms. The molecular formula is C22H41Cl3N6O6S. The zero-order chi connectivity index (χ0) is 22.9. The van der Waals surface area contributed by atoms with Crippen molar-refractivity contribution >= 4 is 73.0 Å². The number of carbonyl (C=O) groups is 3. The number of halogens is 3. The van der Waals surface area contributed by atoms with Gasteiger partial charge < -0.3 is 48.2 Å². The van der Waals surface area contributed by atoms with Crippen LogP contribution in [0.15, 0.2) is 40.2 Å². The summed E-state index contributed by atoms with van der Waals surface area (Å²) in [5, 5.41) is 6.41. The number of benzene rings is 1. The first-order valence-electron chi connectivity index (χ1n) is 11.0. The molecule has 2 aliphatic heterocycles. The van der Waals surface area contributed by atoms with Crippen molar-refractivity contribution < 1.29 is 30.8 Å². The molecule has 0 aliphatic carbocycles. The standard InChI is InChI=1S/C22H32N6O3S.3ClH.3H2O/c23-22(24)25-10-4-6-15(14-29)27-20(30)19-9-5-11-28(19)21(31)18-12-17(13-26-18)32-16-7-2-1-3-8-16;;;;;;/h1-3,7-8,14-15,17-19,26H,4-6,9-13H2,(H,27,30)(H4,23,24,25);3*1H;3*1H2/t15-,17-,18+,19-;;;;;;/m0....../s1. The molecule has 4 atom stereocenters. The monoisotopic (exact) mass is 622 g/mol. The Bertz CT molecular complexity index is 841. The molecule has 38 heavy (non-hydrogen) atoms. The minimum absolute atomic E-state index is 0. The van der Waals surface area contributed by atoms with Crippen molar-refractivity contribution in [1.29, 1.82) is 0 Å². The summed E-state index contributed by atoms with van der Waals surface area (Å²) in [6.45, 7) is 1.71. The summed E-state index contributed by atoms with van der Waals surface area (Å²) < 4.78 is 0. The minimum atomic E-state index is -0.620. The highest BCUT2D eigenvalue weighted by Gasteiger charge is 2.40. The molecule has 16 heteroatoms. The van der Waals surface area contributed by atoms with Crippen molar-refractivity contribution in [2.45, 2.75) is 60.4 Å². The summed E-state index contributed by atoms with van der Waals surface area (Å²) in [5.41, 5.74) is 10.6. The fourth-order valence-corrected chi connectivity index (χ4v) is 5.32. The van der Waals surface area contributed by atoms with Gasteiger partial charge in [-0.2, -0.15) is 0 Å². The van der Waals surface area contributed by atoms with Crippen LogP contribution in [0.25, 0.3) is 0 Å². The first-order valence-corrected chi connectivity index (χ1v) is 11.9. The maximum atomic E-state index is 13.2. The second-order valence-corrected chi connectivity index (χ2v) is 9.51. The number of carbonyl (C=O) groups excluding carboxylic acids is 3. The molecule has 2 fully saturated rings. The Morgan fingerprint density at radius 2 is 1.82 bits per heavy atom. The fourth-order valence-electron chi connectivity index (χ4n) is 4.15. The van der Waals surface area contributed by atoms with Gasteiger partial charge in [0.25, 0.3) is 0 Å². The third kappa shape index (κ3) is 12.8. The van der Waals surface area contributed by atoms with E-state index in [0.717, 1.165) is 25.7 Å². The molecule has 1 aromatic rings. The van der Waals surface area contributed by atoms with E-state index in [1.165, 1.54) is 4.90 Å². The van der Waals surface area contributed by atoms with Crippen molar-refractivity contribution in [2.75, 3.05) is 19.6 Å². The van der Waals surface area contributed by atoms with Gasteiger partial charge in [-0.1, -0.05) is 18.2 Å². The summed E-state index contributed by atoms with van der Waals surface area (Å²) in [5.74, 6) is -0.307. The van der Waals surface area contributed by atoms with E-state index < -0.39 is 12.1 Å². The molecule has 2 aliphatic rings. The summed E-state index contributed by atoms with van der Waals surface area (Å²) in [6, 6.07) is 8.70. The lowest BCUT2D eigenvalue weighted by atomic mass is 10.1. The van der Waals surface area contributed by atoms with Crippen LogP contribution in [0, 0.1) is 0 Å². The fraction of sp³-hybridized carbons (Fsp3) is 0.545. The SMILES string of the molecule is Cl.Cl.Cl.NC(N)=NCCC[C@@H](C=O)NC(=O)[C@@H]1CCCN1C(=O)[C@H]1C[C@H](Sc2ccccc2)CN1.O.O.O. The predicted molar refractivity (Wildman–Crippen MR) is 158 cm³/mol. The number of likely N-dealkylation sites (tertiary alicyclic amines) is 1. The summed E-state index contributed by atoms with van der Waals surface area (Å²) in [7, 11) is 0. The molecule has 2 amide bonds. The van der Waals surface area contributed by atoms with Gasteiger partial charge in [-0.3, -0.25) is 14.6 Å². The summed E-state index contributed by atoms with van der Waals surface area (Å²) in [6.07, 6.45) is 3.83. The van der Waals surface area contributed by atoms with Crippen LogP contribution in [0.1, 0.15) is 32.1 Å². The number of nitrogens with zero attached hydrogens (tertiary/aromatic N) is 2. The Morgan fingerprint density at radius 1 is 1.16 bits per heavy atom. The number of rotatable bonds is 10. The number of guanidine groups is 1. The average Bonchev–Trinajstić information content (AvgIpc) is 3.46. The lowest BCUT2D eigenvalue weighted by Gasteiger charge is -2.27. The highest BCUT2D eigenvalue weighted by molar-refractivity contribution is 8.00. The number of hydrogen-bond donors (Lipinski definition) is 4. The number of thioether (sulfide) groups is 1. The Balaban J connectivity index is -0.000000963. The minimum Gasteiger partial charge on any atom is -0.412 e. The van der Waals surface area contributed by atoms with E-state index in [4.69, 9.17) is 11.5 Å². The van der Waals surface area contributed by atoms with Gasteiger partial charge in [0.1, 0.15) is 12.3 Å². The number of nitrogens with one attached hydrogen (secondary N) is 2. The van der Waals surface area contributed by atoms with Gasteiger partial charge in [-0.25, -0.2) is 0 Å². The van der Waals surface area contributed by atoms with Gasteiger partial charge in [0.05, 0.1) is 12.1 Å². The van der Waals surface area contributed by atoms with E-state index in [0.29, 0.717) is 37.6 Å². The van der Waals surface area contributed by atoms with E-state index in [2.05, 4.69) is 27.8 Å². The molecule has 0 saturated carbocycles. The third-order valence-corrected chi connectivity index (χ3v) is 6.97. The van der Waals surface area contributed by atoms with E-state index >= 15 is 0 Å². The van der Waals surface area contributed by atoms with E-state index in [9.17, 15) is 14.4 Å². The smallest absolute Gasteiger partial charge is 0.243 e. The molecular weight excluding hydrogens is 583 g/mol. The quantitative estimate of drug-likeness (QED) is 0.110. The first-order chi connectivity index (χ1) is 15.5. The van der Waals surface area contributed by atoms with Gasteiger partial charge in [-0.15, -0.1) is 49.0 Å². The van der Waals surface area contributed by atoms with Crippen LogP contribution in [-0.2, 0) is 14.4 Å². The predicted octanol–water partition coefficient (Wildman–Crippen LogP) is -0.971. The molecule has 222 valence electrons. The molecule has 0 radical (unpaired) electrons. The molecule has 3 rings (SSSR count). The Hall–Kier alpha value is -1.84. The second-order valence-electron chi connectivity index (χ2n) is 8.14. The van der Waals surface area contributed by atoms with Crippen molar-refractivity contribution in [3.63, 3.8) is 0 Å². The van der Waals surface area contributed by atoms with Crippen LogP contribution in [-0.4, -0.2) is 88.4 Å². The van der Waals surface area contributed by atoms with Gasteiger partial charge in [0.2, 0.25) is 11.8 Å². The number of aliphatic imine (C=N–C) groups is 1. The summed E-state index contributed by atoms with van der Waals surface area (Å²) >= 11 is 1.77. The molecule has 2 heterocycles. The Morgan fingerprint density at radius 3 is 2.42 bits per heavy atom.